The summed E-state index contributed by atoms with van der Waals surface area (Å²) in [7, 11) is 0. The lowest BCUT2D eigenvalue weighted by Crippen LogP contribution is -1.88. The first-order valence-corrected chi connectivity index (χ1v) is 8.11. The average molecular weight is 337 g/mol. The van der Waals surface area contributed by atoms with Gasteiger partial charge in [0.05, 0.1) is 27.1 Å². The summed E-state index contributed by atoms with van der Waals surface area (Å²) in [6.45, 7) is 0. The Labute approximate surface area is 141 Å². The van der Waals surface area contributed by atoms with Crippen LogP contribution >= 0.6 is 24.0 Å². The molecule has 2 aromatic heterocycles. The molecule has 2 N–H and O–H groups in total. The number of pyridine rings is 1. The highest BCUT2D eigenvalue weighted by Crippen LogP contribution is 2.33. The maximum atomic E-state index is 5.95. The Bertz CT molecular complexity index is 1050. The van der Waals surface area contributed by atoms with Crippen LogP contribution in [-0.4, -0.2) is 9.97 Å². The molecule has 4 aromatic rings. The fourth-order valence-corrected chi connectivity index (χ4v) is 3.42. The molecule has 0 radical (unpaired) electrons. The van der Waals surface area contributed by atoms with Gasteiger partial charge in [0.1, 0.15) is 0 Å². The summed E-state index contributed by atoms with van der Waals surface area (Å²) in [6, 6.07) is 13.2. The first kappa shape index (κ1) is 14.1. The van der Waals surface area contributed by atoms with Crippen LogP contribution in [0.2, 0.25) is 0 Å². The fraction of sp³-hybridized carbons (Fsp3) is 0. The van der Waals surface area contributed by atoms with Crippen molar-refractivity contribution < 1.29 is 0 Å². The van der Waals surface area contributed by atoms with Crippen LogP contribution in [0.15, 0.2) is 63.8 Å². The lowest BCUT2D eigenvalue weighted by atomic mass is 10.1. The molecule has 2 heterocycles. The zero-order valence-electron chi connectivity index (χ0n) is 11.8. The number of anilines is 1. The van der Waals surface area contributed by atoms with E-state index in [4.69, 9.17) is 5.73 Å². The molecule has 0 aliphatic carbocycles. The Morgan fingerprint density at radius 1 is 1.09 bits per heavy atom. The van der Waals surface area contributed by atoms with Crippen molar-refractivity contribution in [3.8, 4) is 0 Å². The van der Waals surface area contributed by atoms with Crippen LogP contribution in [0.4, 0.5) is 16.5 Å². The largest absolute Gasteiger partial charge is 0.397 e. The predicted octanol–water partition coefficient (Wildman–Crippen LogP) is 5.13. The molecule has 7 heteroatoms. The summed E-state index contributed by atoms with van der Waals surface area (Å²) in [5.41, 5.74) is 8.91. The number of azo groups is 1. The van der Waals surface area contributed by atoms with Gasteiger partial charge in [0.25, 0.3) is 0 Å². The second-order valence-electron chi connectivity index (χ2n) is 4.92. The molecule has 0 amide bonds. The van der Waals surface area contributed by atoms with Crippen LogP contribution in [0.3, 0.4) is 0 Å². The highest BCUT2D eigenvalue weighted by atomic mass is 32.1. The van der Waals surface area contributed by atoms with Crippen LogP contribution in [0.25, 0.3) is 21.1 Å². The summed E-state index contributed by atoms with van der Waals surface area (Å²) in [6.07, 6.45) is 1.71. The first-order chi connectivity index (χ1) is 11.2. The van der Waals surface area contributed by atoms with Gasteiger partial charge in [-0.3, -0.25) is 4.98 Å². The molecule has 0 aliphatic rings. The van der Waals surface area contributed by atoms with Crippen molar-refractivity contribution in [1.82, 2.24) is 9.97 Å². The van der Waals surface area contributed by atoms with Gasteiger partial charge in [0.2, 0.25) is 5.13 Å². The van der Waals surface area contributed by atoms with Gasteiger partial charge in [-0.25, -0.2) is 4.98 Å². The third-order valence-corrected chi connectivity index (χ3v) is 4.56. The van der Waals surface area contributed by atoms with Crippen LogP contribution in [0.5, 0.6) is 0 Å². The zero-order valence-corrected chi connectivity index (χ0v) is 13.6. The lowest BCUT2D eigenvalue weighted by molar-refractivity contribution is 1.21. The van der Waals surface area contributed by atoms with Gasteiger partial charge in [0, 0.05) is 16.5 Å². The molecular weight excluding hydrogens is 326 g/mol. The fourth-order valence-electron chi connectivity index (χ4n) is 2.31. The molecule has 0 bridgehead atoms. The molecule has 0 unspecified atom stereocenters. The van der Waals surface area contributed by atoms with Gasteiger partial charge < -0.3 is 5.73 Å². The molecule has 4 rings (SSSR count). The third-order valence-electron chi connectivity index (χ3n) is 3.38. The van der Waals surface area contributed by atoms with Crippen molar-refractivity contribution in [3.63, 3.8) is 0 Å². The Morgan fingerprint density at radius 2 is 2.00 bits per heavy atom. The van der Waals surface area contributed by atoms with E-state index >= 15 is 0 Å². The molecule has 0 aliphatic heterocycles. The van der Waals surface area contributed by atoms with E-state index in [9.17, 15) is 0 Å². The molecule has 0 fully saturated rings. The third kappa shape index (κ3) is 2.64. The van der Waals surface area contributed by atoms with Crippen molar-refractivity contribution in [2.24, 2.45) is 10.2 Å². The smallest absolute Gasteiger partial charge is 0.231 e. The van der Waals surface area contributed by atoms with Crippen molar-refractivity contribution in [1.29, 1.82) is 0 Å². The number of fused-ring (bicyclic) bond motifs is 2. The van der Waals surface area contributed by atoms with Gasteiger partial charge in [-0.05, 0) is 42.5 Å². The number of benzene rings is 2. The quantitative estimate of drug-likeness (QED) is 0.302. The van der Waals surface area contributed by atoms with Gasteiger partial charge in [-0.15, -0.1) is 22.9 Å². The van der Waals surface area contributed by atoms with Crippen molar-refractivity contribution in [2.75, 3.05) is 5.73 Å². The van der Waals surface area contributed by atoms with E-state index in [0.29, 0.717) is 10.8 Å². The summed E-state index contributed by atoms with van der Waals surface area (Å²) >= 11 is 5.81. The van der Waals surface area contributed by atoms with Crippen molar-refractivity contribution in [2.45, 2.75) is 4.90 Å². The molecule has 23 heavy (non-hydrogen) atoms. The van der Waals surface area contributed by atoms with E-state index < -0.39 is 0 Å². The van der Waals surface area contributed by atoms with Crippen LogP contribution in [0, 0.1) is 0 Å². The minimum atomic E-state index is 0.604. The van der Waals surface area contributed by atoms with E-state index in [-0.39, 0.29) is 0 Å². The number of aromatic nitrogens is 2. The van der Waals surface area contributed by atoms with Gasteiger partial charge in [-0.1, -0.05) is 11.3 Å². The summed E-state index contributed by atoms with van der Waals surface area (Å²) in [4.78, 5) is 9.65. The predicted molar refractivity (Wildman–Crippen MR) is 97.2 cm³/mol. The molecule has 0 spiro atoms. The number of hydrogen-bond acceptors (Lipinski definition) is 7. The average Bonchev–Trinajstić information content (AvgIpc) is 2.96. The van der Waals surface area contributed by atoms with E-state index in [1.165, 1.54) is 11.3 Å². The topological polar surface area (TPSA) is 76.5 Å². The number of nitrogens with two attached hydrogens (primary N) is 1. The Balaban J connectivity index is 1.77. The first-order valence-electron chi connectivity index (χ1n) is 6.85. The summed E-state index contributed by atoms with van der Waals surface area (Å²) < 4.78 is 1.04. The number of hydrogen-bond donors (Lipinski definition) is 2. The lowest BCUT2D eigenvalue weighted by Gasteiger charge is -2.02. The highest BCUT2D eigenvalue weighted by molar-refractivity contribution is 7.80. The molecule has 0 saturated heterocycles. The van der Waals surface area contributed by atoms with Crippen LogP contribution in [-0.2, 0) is 0 Å². The number of rotatable bonds is 2. The summed E-state index contributed by atoms with van der Waals surface area (Å²) in [5.74, 6) is 0. The molecule has 2 aromatic carbocycles. The minimum Gasteiger partial charge on any atom is -0.397 e. The van der Waals surface area contributed by atoms with Crippen molar-refractivity contribution in [3.05, 3.63) is 48.7 Å². The van der Waals surface area contributed by atoms with E-state index in [2.05, 4.69) is 32.8 Å². The van der Waals surface area contributed by atoms with Crippen molar-refractivity contribution >= 4 is 61.6 Å². The normalized spacial score (nSPS) is 11.7. The van der Waals surface area contributed by atoms with E-state index in [1.807, 2.05) is 36.4 Å². The van der Waals surface area contributed by atoms with Gasteiger partial charge in [0.15, 0.2) is 0 Å². The number of nitrogens with zero attached hydrogens (tertiary/aromatic N) is 4. The zero-order chi connectivity index (χ0) is 15.8. The Morgan fingerprint density at radius 3 is 2.91 bits per heavy atom. The number of thiazole rings is 1. The van der Waals surface area contributed by atoms with Gasteiger partial charge in [-0.2, -0.15) is 0 Å². The molecule has 5 nitrogen and oxygen atoms in total. The molecule has 112 valence electrons. The second kappa shape index (κ2) is 5.60. The Kier molecular flexibility index (Phi) is 3.44. The van der Waals surface area contributed by atoms with Crippen LogP contribution in [0.1, 0.15) is 0 Å². The SMILES string of the molecule is Nc1ccc(N=Nc2nc3ccc(S)cc3s2)c2cccnc12. The number of thiol groups is 1. The van der Waals surface area contributed by atoms with Gasteiger partial charge >= 0.3 is 0 Å². The minimum absolute atomic E-state index is 0.604. The van der Waals surface area contributed by atoms with E-state index in [1.54, 1.807) is 12.3 Å². The van der Waals surface area contributed by atoms with E-state index in [0.717, 1.165) is 31.7 Å². The second-order valence-corrected chi connectivity index (χ2v) is 6.45. The number of nitrogen functional groups attached to an aromatic ring is 1. The highest BCUT2D eigenvalue weighted by Gasteiger charge is 2.06. The molecule has 0 saturated carbocycles. The maximum Gasteiger partial charge on any atom is 0.231 e. The molecule has 0 atom stereocenters. The maximum absolute atomic E-state index is 5.95. The Hall–Kier alpha value is -2.51. The van der Waals surface area contributed by atoms with Crippen LogP contribution < -0.4 is 5.73 Å². The summed E-state index contributed by atoms with van der Waals surface area (Å²) in [5, 5.41) is 10.1. The standard InChI is InChI=1S/C16H11N5S2/c17-11-4-6-12(10-2-1-7-18-15(10)11)20-21-16-19-13-5-3-9(22)8-14(13)23-16/h1-8,22H,17H2. The monoisotopic (exact) mass is 337 g/mol. The molecular formula is C16H11N5S2.